The number of halogens is 1. The molecule has 3 N–H and O–H groups in total. The maximum absolute atomic E-state index is 12.1. The van der Waals surface area contributed by atoms with Crippen LogP contribution in [0.3, 0.4) is 0 Å². The van der Waals surface area contributed by atoms with Gasteiger partial charge < -0.3 is 15.3 Å². The van der Waals surface area contributed by atoms with Crippen LogP contribution in [0.1, 0.15) is 18.4 Å². The van der Waals surface area contributed by atoms with Crippen molar-refractivity contribution in [1.29, 1.82) is 0 Å². The van der Waals surface area contributed by atoms with Crippen molar-refractivity contribution in [2.75, 3.05) is 31.6 Å². The summed E-state index contributed by atoms with van der Waals surface area (Å²) >= 11 is 9.13. The number of rotatable bonds is 9. The molecule has 152 valence electrons. The Balaban J connectivity index is 1.34. The Morgan fingerprint density at radius 2 is 2.14 bits per heavy atom. The van der Waals surface area contributed by atoms with E-state index in [0.29, 0.717) is 16.8 Å². The Bertz CT molecular complexity index is 768. The highest BCUT2D eigenvalue weighted by Gasteiger charge is 2.27. The Kier molecular flexibility index (Phi) is 7.92. The summed E-state index contributed by atoms with van der Waals surface area (Å²) in [5.41, 5.74) is 0. The maximum atomic E-state index is 12.1. The summed E-state index contributed by atoms with van der Waals surface area (Å²) in [5.74, 6) is 0. The van der Waals surface area contributed by atoms with E-state index in [1.165, 1.54) is 16.2 Å². The maximum Gasteiger partial charge on any atom is 0.321 e. The number of carbonyl (C=O) groups excluding carboxylic acids is 1. The van der Waals surface area contributed by atoms with Crippen molar-refractivity contribution in [1.82, 2.24) is 20.4 Å². The van der Waals surface area contributed by atoms with Crippen molar-refractivity contribution in [2.45, 2.75) is 36.0 Å². The Morgan fingerprint density at radius 1 is 1.39 bits per heavy atom. The SMILES string of the molecule is CCc1nnc(NC(=O)N[C@H](CO)CCN2CC(Sc3ccc(Cl)cc3)C2)s1. The minimum Gasteiger partial charge on any atom is -0.394 e. The van der Waals surface area contributed by atoms with E-state index in [1.807, 2.05) is 43.0 Å². The standard InChI is InChI=1S/C18H24ClN5O2S2/c1-2-16-22-23-18(28-16)21-17(26)20-13(11-25)7-8-24-9-15(10-24)27-14-5-3-12(19)4-6-14/h3-6,13,15,25H,2,7-11H2,1H3,(H2,20,21,23,26)/t13-/m0/s1. The zero-order chi connectivity index (χ0) is 19.9. The number of anilines is 1. The van der Waals surface area contributed by atoms with Gasteiger partial charge in [0.1, 0.15) is 5.01 Å². The van der Waals surface area contributed by atoms with Gasteiger partial charge in [-0.15, -0.1) is 22.0 Å². The van der Waals surface area contributed by atoms with E-state index in [1.54, 1.807) is 0 Å². The number of hydrogen-bond donors (Lipinski definition) is 3. The number of benzene rings is 1. The molecule has 7 nitrogen and oxygen atoms in total. The van der Waals surface area contributed by atoms with Crippen molar-refractivity contribution in [2.24, 2.45) is 0 Å². The number of aryl methyl sites for hydroxylation is 1. The molecule has 3 rings (SSSR count). The van der Waals surface area contributed by atoms with Gasteiger partial charge in [-0.3, -0.25) is 5.32 Å². The van der Waals surface area contributed by atoms with Gasteiger partial charge in [0.25, 0.3) is 0 Å². The molecule has 1 atom stereocenters. The molecule has 28 heavy (non-hydrogen) atoms. The fourth-order valence-electron chi connectivity index (χ4n) is 2.80. The number of aliphatic hydroxyl groups is 1. The van der Waals surface area contributed by atoms with Gasteiger partial charge >= 0.3 is 6.03 Å². The number of likely N-dealkylation sites (tertiary alicyclic amines) is 1. The van der Waals surface area contributed by atoms with Gasteiger partial charge in [-0.25, -0.2) is 4.79 Å². The van der Waals surface area contributed by atoms with E-state index in [0.717, 1.165) is 36.1 Å². The Morgan fingerprint density at radius 3 is 2.79 bits per heavy atom. The largest absolute Gasteiger partial charge is 0.394 e. The lowest BCUT2D eigenvalue weighted by Crippen LogP contribution is -2.51. The van der Waals surface area contributed by atoms with Crippen LogP contribution in [0.25, 0.3) is 0 Å². The van der Waals surface area contributed by atoms with E-state index in [4.69, 9.17) is 11.6 Å². The molecule has 0 unspecified atom stereocenters. The summed E-state index contributed by atoms with van der Waals surface area (Å²) in [6.07, 6.45) is 1.48. The van der Waals surface area contributed by atoms with Gasteiger partial charge in [-0.1, -0.05) is 29.9 Å². The molecular weight excluding hydrogens is 418 g/mol. The minimum absolute atomic E-state index is 0.0967. The number of nitrogens with one attached hydrogen (secondary N) is 2. The monoisotopic (exact) mass is 441 g/mol. The zero-order valence-corrected chi connectivity index (χ0v) is 18.0. The first kappa shape index (κ1) is 21.3. The van der Waals surface area contributed by atoms with E-state index >= 15 is 0 Å². The third-order valence-electron chi connectivity index (χ3n) is 4.38. The molecule has 1 aromatic carbocycles. The molecule has 10 heteroatoms. The number of thioether (sulfide) groups is 1. The fraction of sp³-hybridized carbons (Fsp3) is 0.500. The molecule has 2 aromatic rings. The highest BCUT2D eigenvalue weighted by molar-refractivity contribution is 8.00. The topological polar surface area (TPSA) is 90.4 Å². The lowest BCUT2D eigenvalue weighted by atomic mass is 10.1. The third-order valence-corrected chi connectivity index (χ3v) is 6.79. The molecule has 0 saturated carbocycles. The lowest BCUT2D eigenvalue weighted by molar-refractivity contribution is 0.164. The lowest BCUT2D eigenvalue weighted by Gasteiger charge is -2.39. The number of carbonyl (C=O) groups is 1. The van der Waals surface area contributed by atoms with E-state index in [-0.39, 0.29) is 18.7 Å². The summed E-state index contributed by atoms with van der Waals surface area (Å²) in [6.45, 7) is 4.73. The second kappa shape index (κ2) is 10.4. The highest BCUT2D eigenvalue weighted by atomic mass is 35.5. The second-order valence-electron chi connectivity index (χ2n) is 6.57. The van der Waals surface area contributed by atoms with Gasteiger partial charge in [-0.05, 0) is 37.1 Å². The molecule has 2 amide bonds. The third kappa shape index (κ3) is 6.31. The molecule has 0 spiro atoms. The van der Waals surface area contributed by atoms with Crippen LogP contribution < -0.4 is 10.6 Å². The molecule has 1 saturated heterocycles. The summed E-state index contributed by atoms with van der Waals surface area (Å²) in [6, 6.07) is 7.25. The van der Waals surface area contributed by atoms with Crippen molar-refractivity contribution >= 4 is 45.9 Å². The van der Waals surface area contributed by atoms with Gasteiger partial charge in [-0.2, -0.15) is 0 Å². The smallest absolute Gasteiger partial charge is 0.321 e. The van der Waals surface area contributed by atoms with Crippen LogP contribution in [0.4, 0.5) is 9.93 Å². The number of urea groups is 1. The molecule has 2 heterocycles. The molecular formula is C18H24ClN5O2S2. The summed E-state index contributed by atoms with van der Waals surface area (Å²) < 4.78 is 0. The Hall–Kier alpha value is -1.39. The van der Waals surface area contributed by atoms with Crippen molar-refractivity contribution in [3.05, 3.63) is 34.3 Å². The first-order valence-corrected chi connectivity index (χ1v) is 11.3. The number of nitrogens with zero attached hydrogens (tertiary/aromatic N) is 3. The normalized spacial score (nSPS) is 15.8. The molecule has 1 fully saturated rings. The molecule has 0 aliphatic carbocycles. The molecule has 0 bridgehead atoms. The number of aromatic nitrogens is 2. The second-order valence-corrected chi connectivity index (χ2v) is 9.45. The average Bonchev–Trinajstić information content (AvgIpc) is 3.11. The first-order valence-electron chi connectivity index (χ1n) is 9.21. The van der Waals surface area contributed by atoms with Crippen molar-refractivity contribution < 1.29 is 9.90 Å². The molecule has 0 radical (unpaired) electrons. The summed E-state index contributed by atoms with van der Waals surface area (Å²) in [4.78, 5) is 15.6. The number of amides is 2. The van der Waals surface area contributed by atoms with Crippen molar-refractivity contribution in [3.63, 3.8) is 0 Å². The van der Waals surface area contributed by atoms with Gasteiger partial charge in [0, 0.05) is 34.8 Å². The Labute approximate surface area is 177 Å². The highest BCUT2D eigenvalue weighted by Crippen LogP contribution is 2.30. The summed E-state index contributed by atoms with van der Waals surface area (Å²) in [5, 5.41) is 25.6. The predicted molar refractivity (Wildman–Crippen MR) is 114 cm³/mol. The minimum atomic E-state index is -0.363. The number of hydrogen-bond acceptors (Lipinski definition) is 7. The number of aliphatic hydroxyl groups excluding tert-OH is 1. The van der Waals surface area contributed by atoms with E-state index in [2.05, 4.69) is 25.7 Å². The predicted octanol–water partition coefficient (Wildman–Crippen LogP) is 3.10. The van der Waals surface area contributed by atoms with Gasteiger partial charge in [0.05, 0.1) is 12.6 Å². The molecule has 1 aliphatic rings. The van der Waals surface area contributed by atoms with Crippen LogP contribution in [-0.4, -0.2) is 63.8 Å². The van der Waals surface area contributed by atoms with Crippen LogP contribution in [0, 0.1) is 0 Å². The zero-order valence-electron chi connectivity index (χ0n) is 15.6. The van der Waals surface area contributed by atoms with Crippen LogP contribution >= 0.6 is 34.7 Å². The van der Waals surface area contributed by atoms with Gasteiger partial charge in [0.2, 0.25) is 5.13 Å². The molecule has 1 aromatic heterocycles. The van der Waals surface area contributed by atoms with E-state index in [9.17, 15) is 9.90 Å². The fourth-order valence-corrected chi connectivity index (χ4v) is 4.85. The van der Waals surface area contributed by atoms with E-state index < -0.39 is 0 Å². The van der Waals surface area contributed by atoms with Gasteiger partial charge in [0.15, 0.2) is 0 Å². The summed E-state index contributed by atoms with van der Waals surface area (Å²) in [7, 11) is 0. The van der Waals surface area contributed by atoms with Crippen molar-refractivity contribution in [3.8, 4) is 0 Å². The van der Waals surface area contributed by atoms with Crippen LogP contribution in [0.5, 0.6) is 0 Å². The van der Waals surface area contributed by atoms with Crippen LogP contribution in [-0.2, 0) is 6.42 Å². The van der Waals surface area contributed by atoms with Crippen LogP contribution in [0.2, 0.25) is 5.02 Å². The first-order chi connectivity index (χ1) is 13.6. The quantitative estimate of drug-likeness (QED) is 0.554. The average molecular weight is 442 g/mol. The van der Waals surface area contributed by atoms with Crippen LogP contribution in [0.15, 0.2) is 29.2 Å². The molecule has 1 aliphatic heterocycles.